The number of azide groups is 1. The van der Waals surface area contributed by atoms with Gasteiger partial charge in [-0.25, -0.2) is 4.79 Å². The lowest BCUT2D eigenvalue weighted by Crippen LogP contribution is -2.34. The maximum atomic E-state index is 13.5. The van der Waals surface area contributed by atoms with Gasteiger partial charge in [-0.05, 0) is 51.3 Å². The second-order valence-electron chi connectivity index (χ2n) is 9.68. The molecule has 0 amide bonds. The van der Waals surface area contributed by atoms with Crippen LogP contribution < -0.4 is 9.47 Å². The maximum absolute atomic E-state index is 13.5. The highest BCUT2D eigenvalue weighted by atomic mass is 16.8. The van der Waals surface area contributed by atoms with Crippen molar-refractivity contribution in [2.75, 3.05) is 27.1 Å². The van der Waals surface area contributed by atoms with Gasteiger partial charge in [0.25, 0.3) is 0 Å². The Morgan fingerprint density at radius 3 is 2.68 bits per heavy atom. The van der Waals surface area contributed by atoms with Gasteiger partial charge in [-0.2, -0.15) is 0 Å². The minimum atomic E-state index is -0.903. The molecule has 0 aliphatic carbocycles. The van der Waals surface area contributed by atoms with E-state index in [4.69, 9.17) is 34.0 Å². The Morgan fingerprint density at radius 1 is 1.18 bits per heavy atom. The van der Waals surface area contributed by atoms with E-state index in [0.29, 0.717) is 24.2 Å². The first-order valence-corrected chi connectivity index (χ1v) is 12.7. The summed E-state index contributed by atoms with van der Waals surface area (Å²) in [7, 11) is 1.49. The van der Waals surface area contributed by atoms with Gasteiger partial charge in [0.1, 0.15) is 35.4 Å². The van der Waals surface area contributed by atoms with Gasteiger partial charge in [-0.15, -0.1) is 0 Å². The van der Waals surface area contributed by atoms with Gasteiger partial charge in [0, 0.05) is 30.0 Å². The summed E-state index contributed by atoms with van der Waals surface area (Å²) in [6.07, 6.45) is 5.55. The first kappa shape index (κ1) is 29.5. The van der Waals surface area contributed by atoms with Gasteiger partial charge in [0.2, 0.25) is 0 Å². The minimum Gasteiger partial charge on any atom is -0.493 e. The van der Waals surface area contributed by atoms with E-state index in [9.17, 15) is 9.90 Å². The number of aliphatic hydroxyl groups is 1. The van der Waals surface area contributed by atoms with Crippen LogP contribution in [0.1, 0.15) is 56.5 Å². The number of cyclic esters (lactones) is 1. The van der Waals surface area contributed by atoms with Crippen molar-refractivity contribution in [3.8, 4) is 11.5 Å². The summed E-state index contributed by atoms with van der Waals surface area (Å²) in [5.74, 6) is -0.918. The number of methoxy groups -OCH3 is 1. The van der Waals surface area contributed by atoms with E-state index in [1.807, 2.05) is 32.9 Å². The number of aliphatic hydroxyl groups excluding tert-OH is 1. The van der Waals surface area contributed by atoms with Crippen molar-refractivity contribution in [2.45, 2.75) is 70.7 Å². The number of carbonyl (C=O) groups excluding carboxylic acids is 1. The second-order valence-corrected chi connectivity index (χ2v) is 9.68. The first-order valence-electron chi connectivity index (χ1n) is 12.7. The van der Waals surface area contributed by atoms with Crippen molar-refractivity contribution in [2.24, 2.45) is 11.0 Å². The normalized spacial score (nSPS) is 27.7. The molecule has 2 heterocycles. The number of ether oxygens (including phenoxy) is 6. The molecule has 1 fully saturated rings. The Kier molecular flexibility index (Phi) is 10.6. The summed E-state index contributed by atoms with van der Waals surface area (Å²) >= 11 is 0. The van der Waals surface area contributed by atoms with Crippen molar-refractivity contribution < 1.29 is 38.3 Å². The van der Waals surface area contributed by atoms with Gasteiger partial charge in [0.05, 0.1) is 12.7 Å². The third-order valence-corrected chi connectivity index (χ3v) is 6.28. The number of rotatable bonds is 8. The summed E-state index contributed by atoms with van der Waals surface area (Å²) in [6, 6.07) is 3.34. The molecule has 1 N–H and O–H groups in total. The molecule has 208 valence electrons. The third-order valence-electron chi connectivity index (χ3n) is 6.28. The van der Waals surface area contributed by atoms with Crippen molar-refractivity contribution in [1.82, 2.24) is 0 Å². The van der Waals surface area contributed by atoms with Gasteiger partial charge in [-0.3, -0.25) is 0 Å². The van der Waals surface area contributed by atoms with Crippen LogP contribution in [0.25, 0.3) is 16.5 Å². The Bertz CT molecular complexity index is 1070. The largest absolute Gasteiger partial charge is 0.493 e. The summed E-state index contributed by atoms with van der Waals surface area (Å²) < 4.78 is 34.7. The summed E-state index contributed by atoms with van der Waals surface area (Å²) in [6.45, 7) is 7.79. The molecule has 0 radical (unpaired) electrons. The molecule has 2 aliphatic heterocycles. The molecule has 0 aromatic heterocycles. The topological polar surface area (TPSA) is 141 Å². The number of esters is 1. The SMILES string of the molecule is COCOc1ccc(OCCCN=[N+]=[N-])c2c1C(=O)O[C@@H](C)[C@H](C)/C=C\C(O)[C@H]1OC(C)(C)O[C@H]1CC=C2. The van der Waals surface area contributed by atoms with Crippen LogP contribution in [0.2, 0.25) is 0 Å². The molecule has 1 saturated heterocycles. The van der Waals surface area contributed by atoms with Gasteiger partial charge in [-0.1, -0.05) is 36.3 Å². The zero-order valence-electron chi connectivity index (χ0n) is 22.5. The highest BCUT2D eigenvalue weighted by Gasteiger charge is 2.43. The smallest absolute Gasteiger partial charge is 0.342 e. The molecule has 38 heavy (non-hydrogen) atoms. The summed E-state index contributed by atoms with van der Waals surface area (Å²) in [5.41, 5.74) is 9.17. The van der Waals surface area contributed by atoms with Crippen molar-refractivity contribution in [3.63, 3.8) is 0 Å². The zero-order chi connectivity index (χ0) is 27.7. The van der Waals surface area contributed by atoms with E-state index in [1.165, 1.54) is 7.11 Å². The lowest BCUT2D eigenvalue weighted by molar-refractivity contribution is -0.152. The predicted octanol–water partition coefficient (Wildman–Crippen LogP) is 4.78. The fraction of sp³-hybridized carbons (Fsp3) is 0.593. The quantitative estimate of drug-likeness (QED) is 0.0960. The molecule has 1 aromatic carbocycles. The van der Waals surface area contributed by atoms with Crippen LogP contribution in [0.15, 0.2) is 35.5 Å². The molecule has 5 atom stereocenters. The molecule has 0 spiro atoms. The van der Waals surface area contributed by atoms with Crippen LogP contribution in [0.4, 0.5) is 0 Å². The van der Waals surface area contributed by atoms with E-state index in [2.05, 4.69) is 10.0 Å². The molecule has 2 aliphatic rings. The summed E-state index contributed by atoms with van der Waals surface area (Å²) in [4.78, 5) is 16.3. The van der Waals surface area contributed by atoms with Crippen molar-refractivity contribution >= 4 is 12.0 Å². The molecule has 0 bridgehead atoms. The average molecular weight is 532 g/mol. The highest BCUT2D eigenvalue weighted by molar-refractivity contribution is 5.98. The van der Waals surface area contributed by atoms with E-state index in [1.54, 1.807) is 31.2 Å². The zero-order valence-corrected chi connectivity index (χ0v) is 22.5. The Morgan fingerprint density at radius 2 is 1.95 bits per heavy atom. The number of hydrogen-bond acceptors (Lipinski definition) is 9. The van der Waals surface area contributed by atoms with Crippen LogP contribution >= 0.6 is 0 Å². The van der Waals surface area contributed by atoms with Crippen LogP contribution in [0.3, 0.4) is 0 Å². The monoisotopic (exact) mass is 531 g/mol. The lowest BCUT2D eigenvalue weighted by atomic mass is 9.98. The third kappa shape index (κ3) is 7.72. The molecular weight excluding hydrogens is 494 g/mol. The number of carbonyl (C=O) groups is 1. The second kappa shape index (κ2) is 13.6. The van der Waals surface area contributed by atoms with Gasteiger partial charge >= 0.3 is 5.97 Å². The Balaban J connectivity index is 2.05. The molecule has 11 heteroatoms. The fourth-order valence-electron chi connectivity index (χ4n) is 4.23. The number of hydrogen-bond donors (Lipinski definition) is 1. The van der Waals surface area contributed by atoms with E-state index >= 15 is 0 Å². The fourth-order valence-corrected chi connectivity index (χ4v) is 4.23. The highest BCUT2D eigenvalue weighted by Crippen LogP contribution is 2.36. The molecule has 3 rings (SSSR count). The van der Waals surface area contributed by atoms with Crippen molar-refractivity contribution in [3.05, 3.63) is 51.9 Å². The predicted molar refractivity (Wildman–Crippen MR) is 140 cm³/mol. The molecule has 0 saturated carbocycles. The maximum Gasteiger partial charge on any atom is 0.342 e. The molecule has 1 unspecified atom stereocenters. The lowest BCUT2D eigenvalue weighted by Gasteiger charge is -2.23. The molecule has 11 nitrogen and oxygen atoms in total. The Labute approximate surface area is 222 Å². The summed E-state index contributed by atoms with van der Waals surface area (Å²) in [5, 5.41) is 14.4. The van der Waals surface area contributed by atoms with Crippen LogP contribution in [-0.2, 0) is 18.9 Å². The molecule has 1 aromatic rings. The standard InChI is InChI=1S/C27H37N3O8/c1-17-10-11-20(31)25-23(37-27(3,4)38-25)9-6-8-19-21(34-15-7-14-29-30-28)12-13-22(35-16-33-5)24(19)26(32)36-18(17)2/h6,8,10-13,17-18,20,23,25,31H,7,9,14-16H2,1-5H3/b8-6?,11-10-/t17-,18+,20?,23+,25-/m1/s1. The number of fused-ring (bicyclic) bond motifs is 2. The van der Waals surface area contributed by atoms with E-state index < -0.39 is 36.2 Å². The van der Waals surface area contributed by atoms with Gasteiger partial charge < -0.3 is 33.5 Å². The number of nitrogens with zero attached hydrogens (tertiary/aromatic N) is 3. The Hall–Kier alpha value is -3.08. The first-order chi connectivity index (χ1) is 18.2. The molecular formula is C27H37N3O8. The van der Waals surface area contributed by atoms with Gasteiger partial charge in [0.15, 0.2) is 12.6 Å². The average Bonchev–Trinajstić information content (AvgIpc) is 3.19. The van der Waals surface area contributed by atoms with Crippen LogP contribution in [0, 0.1) is 5.92 Å². The van der Waals surface area contributed by atoms with Crippen molar-refractivity contribution in [1.29, 1.82) is 0 Å². The number of benzene rings is 1. The van der Waals surface area contributed by atoms with Crippen LogP contribution in [-0.4, -0.2) is 68.3 Å². The van der Waals surface area contributed by atoms with Crippen LogP contribution in [0.5, 0.6) is 11.5 Å². The van der Waals surface area contributed by atoms with E-state index in [-0.39, 0.29) is 37.2 Å². The minimum absolute atomic E-state index is 0.0631. The van der Waals surface area contributed by atoms with E-state index in [0.717, 1.165) is 0 Å².